The molecule has 1 aliphatic rings. The van der Waals surface area contributed by atoms with E-state index in [2.05, 4.69) is 59.3 Å². The van der Waals surface area contributed by atoms with Crippen molar-refractivity contribution in [2.24, 2.45) is 11.3 Å². The quantitative estimate of drug-likeness (QED) is 0.823. The van der Waals surface area contributed by atoms with Crippen LogP contribution < -0.4 is 5.32 Å². The molecule has 1 aromatic rings. The van der Waals surface area contributed by atoms with Gasteiger partial charge in [-0.3, -0.25) is 0 Å². The van der Waals surface area contributed by atoms with Crippen LogP contribution in [0.15, 0.2) is 5.38 Å². The topological polar surface area (TPSA) is 24.9 Å². The summed E-state index contributed by atoms with van der Waals surface area (Å²) in [6.45, 7) is 13.9. The number of nitrogens with zero attached hydrogens (tertiary/aromatic N) is 1. The van der Waals surface area contributed by atoms with Gasteiger partial charge in [-0.05, 0) is 44.1 Å². The zero-order valence-electron chi connectivity index (χ0n) is 14.8. The van der Waals surface area contributed by atoms with Crippen molar-refractivity contribution in [3.63, 3.8) is 0 Å². The van der Waals surface area contributed by atoms with E-state index in [1.54, 1.807) is 0 Å². The Morgan fingerprint density at radius 1 is 1.14 bits per heavy atom. The van der Waals surface area contributed by atoms with Crippen LogP contribution in [-0.2, 0) is 11.0 Å². The standard InChI is InChI=1S/C18H32N2S/c1-16(2,3)13-8-10-18(19-7,11-9-13)15-20-14(12-21-15)17(4,5)6/h12-13,19H,8-11H2,1-7H3. The van der Waals surface area contributed by atoms with Gasteiger partial charge in [0.05, 0.1) is 11.2 Å². The first-order valence-electron chi connectivity index (χ1n) is 8.24. The highest BCUT2D eigenvalue weighted by Crippen LogP contribution is 2.46. The van der Waals surface area contributed by atoms with Crippen molar-refractivity contribution in [1.82, 2.24) is 10.3 Å². The maximum Gasteiger partial charge on any atom is 0.113 e. The van der Waals surface area contributed by atoms with E-state index in [0.717, 1.165) is 5.92 Å². The summed E-state index contributed by atoms with van der Waals surface area (Å²) in [6.07, 6.45) is 5.02. The van der Waals surface area contributed by atoms with E-state index in [4.69, 9.17) is 4.98 Å². The Hall–Kier alpha value is -0.410. The molecule has 1 fully saturated rings. The molecule has 21 heavy (non-hydrogen) atoms. The van der Waals surface area contributed by atoms with Gasteiger partial charge in [0.2, 0.25) is 0 Å². The lowest BCUT2D eigenvalue weighted by Crippen LogP contribution is -2.44. The maximum atomic E-state index is 4.99. The van der Waals surface area contributed by atoms with Crippen molar-refractivity contribution in [1.29, 1.82) is 0 Å². The lowest BCUT2D eigenvalue weighted by atomic mass is 9.67. The number of rotatable bonds is 2. The summed E-state index contributed by atoms with van der Waals surface area (Å²) in [4.78, 5) is 4.99. The molecule has 0 spiro atoms. The molecule has 0 radical (unpaired) electrons. The second-order valence-electron chi connectivity index (χ2n) is 8.76. The van der Waals surface area contributed by atoms with Crippen molar-refractivity contribution in [2.45, 2.75) is 78.2 Å². The molecule has 1 aliphatic carbocycles. The molecule has 3 heteroatoms. The summed E-state index contributed by atoms with van der Waals surface area (Å²) in [7, 11) is 2.11. The molecule has 0 unspecified atom stereocenters. The molecule has 0 atom stereocenters. The molecule has 0 aromatic carbocycles. The third-order valence-electron chi connectivity index (χ3n) is 5.22. The molecule has 1 N–H and O–H groups in total. The van der Waals surface area contributed by atoms with E-state index in [9.17, 15) is 0 Å². The fourth-order valence-electron chi connectivity index (χ4n) is 3.39. The minimum Gasteiger partial charge on any atom is -0.308 e. The van der Waals surface area contributed by atoms with E-state index in [1.165, 1.54) is 36.4 Å². The molecule has 0 bridgehead atoms. The highest BCUT2D eigenvalue weighted by molar-refractivity contribution is 7.09. The van der Waals surface area contributed by atoms with Crippen molar-refractivity contribution in [3.05, 3.63) is 16.1 Å². The van der Waals surface area contributed by atoms with E-state index in [-0.39, 0.29) is 11.0 Å². The first-order chi connectivity index (χ1) is 9.58. The molecule has 0 aliphatic heterocycles. The van der Waals surface area contributed by atoms with Crippen LogP contribution in [0.1, 0.15) is 77.9 Å². The highest BCUT2D eigenvalue weighted by atomic mass is 32.1. The van der Waals surface area contributed by atoms with E-state index >= 15 is 0 Å². The Labute approximate surface area is 134 Å². The van der Waals surface area contributed by atoms with Crippen LogP contribution in [0.2, 0.25) is 0 Å². The number of hydrogen-bond acceptors (Lipinski definition) is 3. The van der Waals surface area contributed by atoms with Crippen molar-refractivity contribution >= 4 is 11.3 Å². The molecule has 120 valence electrons. The summed E-state index contributed by atoms with van der Waals surface area (Å²) in [6, 6.07) is 0. The number of thiazole rings is 1. The smallest absolute Gasteiger partial charge is 0.113 e. The minimum atomic E-state index is 0.107. The average molecular weight is 309 g/mol. The SMILES string of the molecule is CNC1(c2nc(C(C)(C)C)cs2)CCC(C(C)(C)C)CC1. The third-order valence-corrected chi connectivity index (χ3v) is 6.27. The second kappa shape index (κ2) is 5.66. The van der Waals surface area contributed by atoms with Gasteiger partial charge in [-0.15, -0.1) is 11.3 Å². The van der Waals surface area contributed by atoms with Crippen LogP contribution in [0.3, 0.4) is 0 Å². The Balaban J connectivity index is 2.19. The van der Waals surface area contributed by atoms with Crippen molar-refractivity contribution < 1.29 is 0 Å². The Morgan fingerprint density at radius 2 is 1.71 bits per heavy atom. The van der Waals surface area contributed by atoms with Crippen LogP contribution in [0.5, 0.6) is 0 Å². The molecule has 1 aromatic heterocycles. The fraction of sp³-hybridized carbons (Fsp3) is 0.833. The Kier molecular flexibility index (Phi) is 4.57. The second-order valence-corrected chi connectivity index (χ2v) is 9.62. The minimum absolute atomic E-state index is 0.107. The predicted molar refractivity (Wildman–Crippen MR) is 93.0 cm³/mol. The van der Waals surface area contributed by atoms with Gasteiger partial charge in [-0.2, -0.15) is 0 Å². The monoisotopic (exact) mass is 308 g/mol. The van der Waals surface area contributed by atoms with E-state index < -0.39 is 0 Å². The predicted octanol–water partition coefficient (Wildman–Crippen LogP) is 5.09. The molecule has 0 amide bonds. The lowest BCUT2D eigenvalue weighted by Gasteiger charge is -2.43. The highest BCUT2D eigenvalue weighted by Gasteiger charge is 2.41. The van der Waals surface area contributed by atoms with Gasteiger partial charge in [0.25, 0.3) is 0 Å². The van der Waals surface area contributed by atoms with E-state index in [0.29, 0.717) is 5.41 Å². The van der Waals surface area contributed by atoms with Crippen LogP contribution in [0.4, 0.5) is 0 Å². The zero-order chi connectivity index (χ0) is 15.9. The van der Waals surface area contributed by atoms with Crippen LogP contribution in [0.25, 0.3) is 0 Å². The van der Waals surface area contributed by atoms with Gasteiger partial charge in [0.15, 0.2) is 0 Å². The first kappa shape index (κ1) is 17.0. The molecular formula is C18H32N2S. The summed E-state index contributed by atoms with van der Waals surface area (Å²) in [5.41, 5.74) is 1.91. The van der Waals surface area contributed by atoms with Gasteiger partial charge in [0.1, 0.15) is 5.01 Å². The van der Waals surface area contributed by atoms with Gasteiger partial charge >= 0.3 is 0 Å². The normalized spacial score (nSPS) is 27.9. The third kappa shape index (κ3) is 3.50. The maximum absolute atomic E-state index is 4.99. The van der Waals surface area contributed by atoms with Crippen LogP contribution >= 0.6 is 11.3 Å². The van der Waals surface area contributed by atoms with E-state index in [1.807, 2.05) is 11.3 Å². The largest absolute Gasteiger partial charge is 0.308 e. The van der Waals surface area contributed by atoms with Crippen molar-refractivity contribution in [2.75, 3.05) is 7.05 Å². The number of nitrogens with one attached hydrogen (secondary N) is 1. The van der Waals surface area contributed by atoms with Gasteiger partial charge in [0, 0.05) is 10.8 Å². The average Bonchev–Trinajstić information content (AvgIpc) is 2.87. The molecule has 1 saturated carbocycles. The van der Waals surface area contributed by atoms with Gasteiger partial charge in [-0.25, -0.2) is 4.98 Å². The fourth-order valence-corrected chi connectivity index (χ4v) is 4.70. The molecule has 2 rings (SSSR count). The summed E-state index contributed by atoms with van der Waals surface area (Å²) >= 11 is 1.84. The Bertz CT molecular complexity index is 468. The zero-order valence-corrected chi connectivity index (χ0v) is 15.7. The number of aromatic nitrogens is 1. The summed E-state index contributed by atoms with van der Waals surface area (Å²) in [5.74, 6) is 0.834. The molecular weight excluding hydrogens is 276 g/mol. The van der Waals surface area contributed by atoms with Crippen LogP contribution in [0, 0.1) is 11.3 Å². The first-order valence-corrected chi connectivity index (χ1v) is 9.12. The summed E-state index contributed by atoms with van der Waals surface area (Å²) < 4.78 is 0. The van der Waals surface area contributed by atoms with Gasteiger partial charge < -0.3 is 5.32 Å². The van der Waals surface area contributed by atoms with Crippen molar-refractivity contribution in [3.8, 4) is 0 Å². The summed E-state index contributed by atoms with van der Waals surface area (Å²) in [5, 5.41) is 7.17. The molecule has 1 heterocycles. The number of hydrogen-bond donors (Lipinski definition) is 1. The Morgan fingerprint density at radius 3 is 2.10 bits per heavy atom. The van der Waals surface area contributed by atoms with Gasteiger partial charge in [-0.1, -0.05) is 41.5 Å². The molecule has 2 nitrogen and oxygen atoms in total. The van der Waals surface area contributed by atoms with Crippen LogP contribution in [-0.4, -0.2) is 12.0 Å². The lowest BCUT2D eigenvalue weighted by molar-refractivity contribution is 0.117. The molecule has 0 saturated heterocycles.